The smallest absolute Gasteiger partial charge is 0.0685 e. The van der Waals surface area contributed by atoms with Gasteiger partial charge in [-0.3, -0.25) is 0 Å². The van der Waals surface area contributed by atoms with Gasteiger partial charge in [0.15, 0.2) is 0 Å². The van der Waals surface area contributed by atoms with Crippen molar-refractivity contribution in [3.8, 4) is 0 Å². The summed E-state index contributed by atoms with van der Waals surface area (Å²) in [5.41, 5.74) is 14.5. The van der Waals surface area contributed by atoms with Crippen molar-refractivity contribution >= 4 is 0 Å². The Morgan fingerprint density at radius 3 is 2.77 bits per heavy atom. The second kappa shape index (κ2) is 5.54. The van der Waals surface area contributed by atoms with Crippen molar-refractivity contribution in [3.05, 3.63) is 0 Å². The number of nitrogens with two attached hydrogens (primary N) is 2. The highest BCUT2D eigenvalue weighted by atomic mass is 16.6. The van der Waals surface area contributed by atoms with Crippen LogP contribution in [0.25, 0.3) is 0 Å². The lowest BCUT2D eigenvalue weighted by atomic mass is 9.81. The van der Waals surface area contributed by atoms with Gasteiger partial charge in [0, 0.05) is 19.1 Å². The van der Waals surface area contributed by atoms with Crippen LogP contribution in [0.3, 0.4) is 0 Å². The lowest BCUT2D eigenvalue weighted by Crippen LogP contribution is -2.42. The summed E-state index contributed by atoms with van der Waals surface area (Å²) < 4.78 is 0. The molecule has 0 bridgehead atoms. The first-order chi connectivity index (χ1) is 6.24. The Labute approximate surface area is 80.0 Å². The minimum Gasteiger partial charge on any atom is -0.328 e. The molecule has 1 saturated carbocycles. The Hall–Kier alpha value is -0.160. The summed E-state index contributed by atoms with van der Waals surface area (Å²) in [6, 6.07) is 0.584. The van der Waals surface area contributed by atoms with E-state index in [0.29, 0.717) is 12.0 Å². The Kier molecular flexibility index (Phi) is 4.66. The highest BCUT2D eigenvalue weighted by Gasteiger charge is 2.25. The van der Waals surface area contributed by atoms with Crippen LogP contribution in [0.4, 0.5) is 0 Å². The average Bonchev–Trinajstić information content (AvgIpc) is 2.09. The van der Waals surface area contributed by atoms with Gasteiger partial charge >= 0.3 is 0 Å². The second-order valence-corrected chi connectivity index (χ2v) is 3.84. The van der Waals surface area contributed by atoms with Crippen LogP contribution in [0.15, 0.2) is 0 Å². The molecule has 1 fully saturated rings. The number of nitrogens with one attached hydrogen (secondary N) is 1. The summed E-state index contributed by atoms with van der Waals surface area (Å²) >= 11 is 0. The zero-order chi connectivity index (χ0) is 9.68. The van der Waals surface area contributed by atoms with Crippen LogP contribution in [-0.4, -0.2) is 25.7 Å². The molecule has 4 heteroatoms. The van der Waals surface area contributed by atoms with Crippen molar-refractivity contribution in [2.24, 2.45) is 17.4 Å². The van der Waals surface area contributed by atoms with Gasteiger partial charge in [-0.05, 0) is 31.6 Å². The van der Waals surface area contributed by atoms with E-state index in [1.807, 2.05) is 0 Å². The summed E-state index contributed by atoms with van der Waals surface area (Å²) in [5, 5.41) is 0. The third kappa shape index (κ3) is 3.60. The summed E-state index contributed by atoms with van der Waals surface area (Å²) in [6.45, 7) is 0.740. The fraction of sp³-hybridized carbons (Fsp3) is 1.00. The maximum Gasteiger partial charge on any atom is 0.0685 e. The normalized spacial score (nSPS) is 34.8. The van der Waals surface area contributed by atoms with E-state index in [4.69, 9.17) is 16.3 Å². The monoisotopic (exact) mass is 187 g/mol. The largest absolute Gasteiger partial charge is 0.328 e. The first-order valence-electron chi connectivity index (χ1n) is 5.03. The van der Waals surface area contributed by atoms with Gasteiger partial charge in [-0.15, -0.1) is 0 Å². The van der Waals surface area contributed by atoms with Gasteiger partial charge in [0.05, 0.1) is 6.61 Å². The summed E-state index contributed by atoms with van der Waals surface area (Å²) in [4.78, 5) is 5.07. The number of hydrogen-bond donors (Lipinski definition) is 3. The van der Waals surface area contributed by atoms with Crippen molar-refractivity contribution in [1.29, 1.82) is 0 Å². The fourth-order valence-electron chi connectivity index (χ4n) is 1.97. The highest BCUT2D eigenvalue weighted by Crippen LogP contribution is 2.24. The van der Waals surface area contributed by atoms with Gasteiger partial charge in [-0.2, -0.15) is 0 Å². The zero-order valence-electron chi connectivity index (χ0n) is 8.33. The van der Waals surface area contributed by atoms with Gasteiger partial charge < -0.3 is 16.3 Å². The maximum absolute atomic E-state index is 6.00. The van der Waals surface area contributed by atoms with Crippen molar-refractivity contribution < 1.29 is 4.84 Å². The highest BCUT2D eigenvalue weighted by molar-refractivity contribution is 4.84. The molecule has 4 nitrogen and oxygen atoms in total. The molecular weight excluding hydrogens is 166 g/mol. The first kappa shape index (κ1) is 10.9. The van der Waals surface area contributed by atoms with Gasteiger partial charge in [0.1, 0.15) is 0 Å². The quantitative estimate of drug-likeness (QED) is 0.427. The van der Waals surface area contributed by atoms with Crippen LogP contribution in [0.5, 0.6) is 0 Å². The molecule has 0 aromatic rings. The number of hydroxylamine groups is 1. The molecule has 3 unspecified atom stereocenters. The van der Waals surface area contributed by atoms with Gasteiger partial charge in [0.2, 0.25) is 0 Å². The molecule has 5 N–H and O–H groups in total. The van der Waals surface area contributed by atoms with Crippen LogP contribution in [0.2, 0.25) is 0 Å². The van der Waals surface area contributed by atoms with E-state index in [0.717, 1.165) is 32.3 Å². The molecule has 0 radical (unpaired) electrons. The van der Waals surface area contributed by atoms with Crippen LogP contribution < -0.4 is 16.9 Å². The SMILES string of the molecule is CNOCCC1CCC(N)CC1N. The minimum absolute atomic E-state index is 0.268. The second-order valence-electron chi connectivity index (χ2n) is 3.84. The van der Waals surface area contributed by atoms with Crippen molar-refractivity contribution in [1.82, 2.24) is 5.48 Å². The average molecular weight is 187 g/mol. The summed E-state index contributed by atoms with van der Waals surface area (Å²) in [7, 11) is 1.77. The topological polar surface area (TPSA) is 73.3 Å². The van der Waals surface area contributed by atoms with E-state index in [2.05, 4.69) is 5.48 Å². The molecule has 13 heavy (non-hydrogen) atoms. The lowest BCUT2D eigenvalue weighted by Gasteiger charge is -2.32. The Bertz CT molecular complexity index is 143. The molecule has 0 amide bonds. The molecule has 0 aliphatic heterocycles. The lowest BCUT2D eigenvalue weighted by molar-refractivity contribution is 0.0425. The van der Waals surface area contributed by atoms with E-state index in [-0.39, 0.29) is 6.04 Å². The molecule has 1 aliphatic rings. The Balaban J connectivity index is 2.18. The van der Waals surface area contributed by atoms with Gasteiger partial charge in [-0.1, -0.05) is 0 Å². The van der Waals surface area contributed by atoms with E-state index in [1.165, 1.54) is 0 Å². The first-order valence-corrected chi connectivity index (χ1v) is 5.03. The third-order valence-electron chi connectivity index (χ3n) is 2.82. The molecule has 0 aromatic carbocycles. The summed E-state index contributed by atoms with van der Waals surface area (Å²) in [6.07, 6.45) is 4.26. The zero-order valence-corrected chi connectivity index (χ0v) is 8.33. The van der Waals surface area contributed by atoms with Crippen molar-refractivity contribution in [2.75, 3.05) is 13.7 Å². The van der Waals surface area contributed by atoms with Crippen LogP contribution in [0, 0.1) is 5.92 Å². The van der Waals surface area contributed by atoms with Crippen LogP contribution in [0.1, 0.15) is 25.7 Å². The Morgan fingerprint density at radius 1 is 1.38 bits per heavy atom. The van der Waals surface area contributed by atoms with Crippen molar-refractivity contribution in [3.63, 3.8) is 0 Å². The predicted octanol–water partition coefficient (Wildman–Crippen LogP) is -0.0178. The third-order valence-corrected chi connectivity index (χ3v) is 2.82. The van der Waals surface area contributed by atoms with E-state index < -0.39 is 0 Å². The molecule has 78 valence electrons. The molecule has 1 aliphatic carbocycles. The number of rotatable bonds is 4. The molecule has 1 rings (SSSR count). The molecule has 0 saturated heterocycles. The van der Waals surface area contributed by atoms with E-state index in [1.54, 1.807) is 7.05 Å². The molecule has 3 atom stereocenters. The fourth-order valence-corrected chi connectivity index (χ4v) is 1.97. The van der Waals surface area contributed by atoms with Crippen LogP contribution >= 0.6 is 0 Å². The molecular formula is C9H21N3O. The minimum atomic E-state index is 0.268. The molecule has 0 heterocycles. The maximum atomic E-state index is 6.00. The molecule has 0 spiro atoms. The number of hydrogen-bond acceptors (Lipinski definition) is 4. The Morgan fingerprint density at radius 2 is 2.15 bits per heavy atom. The predicted molar refractivity (Wildman–Crippen MR) is 52.9 cm³/mol. The van der Waals surface area contributed by atoms with E-state index >= 15 is 0 Å². The van der Waals surface area contributed by atoms with Gasteiger partial charge in [0.25, 0.3) is 0 Å². The van der Waals surface area contributed by atoms with Crippen LogP contribution in [-0.2, 0) is 4.84 Å². The van der Waals surface area contributed by atoms with Gasteiger partial charge in [-0.25, -0.2) is 5.48 Å². The standard InChI is InChI=1S/C9H21N3O/c1-12-13-5-4-7-2-3-8(10)6-9(7)11/h7-9,12H,2-6,10-11H2,1H3. The molecule has 0 aromatic heterocycles. The van der Waals surface area contributed by atoms with E-state index in [9.17, 15) is 0 Å². The summed E-state index contributed by atoms with van der Waals surface area (Å²) in [5.74, 6) is 0.591. The van der Waals surface area contributed by atoms with Crippen molar-refractivity contribution in [2.45, 2.75) is 37.8 Å².